The molecule has 3 aromatic rings. The lowest BCUT2D eigenvalue weighted by atomic mass is 9.88. The minimum Gasteiger partial charge on any atom is -0.497 e. The summed E-state index contributed by atoms with van der Waals surface area (Å²) in [4.78, 5) is 19.5. The van der Waals surface area contributed by atoms with Gasteiger partial charge >= 0.3 is 0 Å². The van der Waals surface area contributed by atoms with Gasteiger partial charge in [-0.15, -0.1) is 0 Å². The molecule has 0 bridgehead atoms. The number of hydrogen-bond donors (Lipinski definition) is 2. The first kappa shape index (κ1) is 27.6. The summed E-state index contributed by atoms with van der Waals surface area (Å²) in [5.41, 5.74) is 1.05. The van der Waals surface area contributed by atoms with Gasteiger partial charge in [0.1, 0.15) is 17.5 Å². The van der Waals surface area contributed by atoms with Gasteiger partial charge in [0.25, 0.3) is 5.91 Å². The molecule has 2 atom stereocenters. The average molecular weight is 540 g/mol. The van der Waals surface area contributed by atoms with E-state index >= 15 is 0 Å². The van der Waals surface area contributed by atoms with E-state index in [4.69, 9.17) is 9.47 Å². The number of anilines is 1. The van der Waals surface area contributed by atoms with Crippen molar-refractivity contribution < 1.29 is 27.8 Å². The first-order chi connectivity index (χ1) is 18.0. The standard InChI is InChI=1S/C28H33N3O6S/c1-6-18-8-14-22(15-9-18)38(34,35)30-24-23-16-19(17-29-26(23)37-28(3,4)25(24)32)27(33)31(7-2)20-10-12-21(36-5)13-11-20/h8-17,24-25,30,32H,6-7H2,1-5H3/t24-,25+/m1/s1. The Balaban J connectivity index is 1.71. The molecule has 0 fully saturated rings. The average Bonchev–Trinajstić information content (AvgIpc) is 2.91. The Labute approximate surface area is 223 Å². The van der Waals surface area contributed by atoms with Crippen LogP contribution in [0.5, 0.6) is 11.6 Å². The number of pyridine rings is 1. The minimum absolute atomic E-state index is 0.0737. The molecule has 1 amide bonds. The van der Waals surface area contributed by atoms with Crippen LogP contribution in [0, 0.1) is 0 Å². The molecule has 9 nitrogen and oxygen atoms in total. The van der Waals surface area contributed by atoms with Crippen molar-refractivity contribution in [1.82, 2.24) is 9.71 Å². The fraction of sp³-hybridized carbons (Fsp3) is 0.357. The maximum absolute atomic E-state index is 13.5. The molecule has 2 heterocycles. The van der Waals surface area contributed by atoms with Crippen molar-refractivity contribution in [3.05, 3.63) is 77.5 Å². The van der Waals surface area contributed by atoms with Crippen LogP contribution in [0.4, 0.5) is 5.69 Å². The number of nitrogens with one attached hydrogen (secondary N) is 1. The number of carbonyl (C=O) groups is 1. The summed E-state index contributed by atoms with van der Waals surface area (Å²) >= 11 is 0. The van der Waals surface area contributed by atoms with Gasteiger partial charge in [0.05, 0.1) is 23.6 Å². The quantitative estimate of drug-likeness (QED) is 0.446. The molecule has 1 aliphatic heterocycles. The lowest BCUT2D eigenvalue weighted by molar-refractivity contribution is -0.0632. The third-order valence-electron chi connectivity index (χ3n) is 6.72. The van der Waals surface area contributed by atoms with Gasteiger partial charge in [-0.25, -0.2) is 18.1 Å². The molecule has 0 saturated heterocycles. The van der Waals surface area contributed by atoms with E-state index in [2.05, 4.69) is 9.71 Å². The minimum atomic E-state index is -4.01. The zero-order valence-electron chi connectivity index (χ0n) is 22.1. The summed E-state index contributed by atoms with van der Waals surface area (Å²) in [6.07, 6.45) is 0.925. The molecule has 1 aliphatic rings. The van der Waals surface area contributed by atoms with E-state index in [1.54, 1.807) is 62.3 Å². The number of aliphatic hydroxyl groups excluding tert-OH is 1. The topological polar surface area (TPSA) is 118 Å². The molecule has 2 aromatic carbocycles. The van der Waals surface area contributed by atoms with Gasteiger partial charge in [-0.2, -0.15) is 0 Å². The molecule has 0 spiro atoms. The van der Waals surface area contributed by atoms with Crippen LogP contribution in [0.15, 0.2) is 65.7 Å². The molecule has 38 heavy (non-hydrogen) atoms. The van der Waals surface area contributed by atoms with E-state index < -0.39 is 27.8 Å². The molecule has 1 aromatic heterocycles. The first-order valence-electron chi connectivity index (χ1n) is 12.4. The summed E-state index contributed by atoms with van der Waals surface area (Å²) in [6, 6.07) is 14.1. The van der Waals surface area contributed by atoms with Crippen molar-refractivity contribution in [2.75, 3.05) is 18.6 Å². The second-order valence-electron chi connectivity index (χ2n) is 9.61. The predicted molar refractivity (Wildman–Crippen MR) is 144 cm³/mol. The van der Waals surface area contributed by atoms with Crippen LogP contribution in [0.3, 0.4) is 0 Å². The van der Waals surface area contributed by atoms with Crippen LogP contribution in [-0.2, 0) is 16.4 Å². The van der Waals surface area contributed by atoms with Crippen molar-refractivity contribution in [1.29, 1.82) is 0 Å². The third-order valence-corrected chi connectivity index (χ3v) is 8.18. The van der Waals surface area contributed by atoms with Crippen LogP contribution in [0.1, 0.15) is 55.2 Å². The number of ether oxygens (including phenoxy) is 2. The number of aliphatic hydroxyl groups is 1. The van der Waals surface area contributed by atoms with E-state index in [-0.39, 0.29) is 27.8 Å². The van der Waals surface area contributed by atoms with Gasteiger partial charge in [-0.3, -0.25) is 4.79 Å². The Kier molecular flexibility index (Phi) is 7.78. The van der Waals surface area contributed by atoms with Gasteiger partial charge in [-0.05, 0) is 75.2 Å². The third kappa shape index (κ3) is 5.38. The zero-order chi connectivity index (χ0) is 27.7. The number of nitrogens with zero attached hydrogens (tertiary/aromatic N) is 2. The maximum atomic E-state index is 13.5. The molecule has 2 N–H and O–H groups in total. The molecule has 0 unspecified atom stereocenters. The highest BCUT2D eigenvalue weighted by Crippen LogP contribution is 2.40. The Morgan fingerprint density at radius 1 is 1.13 bits per heavy atom. The van der Waals surface area contributed by atoms with Gasteiger partial charge in [0.2, 0.25) is 15.9 Å². The number of aromatic nitrogens is 1. The molecular weight excluding hydrogens is 506 g/mol. The summed E-state index contributed by atoms with van der Waals surface area (Å²) < 4.78 is 40.4. The number of carbonyl (C=O) groups excluding carboxylic acids is 1. The molecule has 4 rings (SSSR count). The second-order valence-corrected chi connectivity index (χ2v) is 11.3. The van der Waals surface area contributed by atoms with Crippen LogP contribution >= 0.6 is 0 Å². The molecular formula is C28H33N3O6S. The lowest BCUT2D eigenvalue weighted by Crippen LogP contribution is -2.53. The highest BCUT2D eigenvalue weighted by atomic mass is 32.2. The monoisotopic (exact) mass is 539 g/mol. The fourth-order valence-corrected chi connectivity index (χ4v) is 5.62. The Morgan fingerprint density at radius 2 is 1.79 bits per heavy atom. The van der Waals surface area contributed by atoms with E-state index in [1.807, 2.05) is 13.8 Å². The van der Waals surface area contributed by atoms with Crippen LogP contribution in [0.2, 0.25) is 0 Å². The number of aryl methyl sites for hydroxylation is 1. The summed E-state index contributed by atoms with van der Waals surface area (Å²) in [5, 5.41) is 11.2. The molecule has 0 radical (unpaired) electrons. The summed E-state index contributed by atoms with van der Waals surface area (Å²) in [6.45, 7) is 7.53. The Bertz CT molecular complexity index is 1410. The number of sulfonamides is 1. The SMILES string of the molecule is CCc1ccc(S(=O)(=O)N[C@@H]2c3cc(C(=O)N(CC)c4ccc(OC)cc4)cnc3OC(C)(C)[C@H]2O)cc1. The van der Waals surface area contributed by atoms with Crippen LogP contribution in [0.25, 0.3) is 0 Å². The number of rotatable bonds is 8. The van der Waals surface area contributed by atoms with E-state index in [1.165, 1.54) is 24.4 Å². The number of methoxy groups -OCH3 is 1. The number of hydrogen-bond acceptors (Lipinski definition) is 7. The zero-order valence-corrected chi connectivity index (χ0v) is 23.0. The Hall–Kier alpha value is -3.47. The van der Waals surface area contributed by atoms with Gasteiger partial charge in [0, 0.05) is 24.0 Å². The first-order valence-corrected chi connectivity index (χ1v) is 13.9. The van der Waals surface area contributed by atoms with Gasteiger partial charge in [0.15, 0.2) is 0 Å². The van der Waals surface area contributed by atoms with E-state index in [0.717, 1.165) is 12.0 Å². The summed E-state index contributed by atoms with van der Waals surface area (Å²) in [5.74, 6) is 0.489. The maximum Gasteiger partial charge on any atom is 0.259 e. The number of benzene rings is 2. The van der Waals surface area contributed by atoms with Crippen molar-refractivity contribution in [3.63, 3.8) is 0 Å². The normalized spacial score (nSPS) is 18.3. The smallest absolute Gasteiger partial charge is 0.259 e. The Morgan fingerprint density at radius 3 is 2.37 bits per heavy atom. The van der Waals surface area contributed by atoms with Crippen molar-refractivity contribution in [3.8, 4) is 11.6 Å². The van der Waals surface area contributed by atoms with Crippen molar-refractivity contribution in [2.24, 2.45) is 0 Å². The number of fused-ring (bicyclic) bond motifs is 1. The largest absolute Gasteiger partial charge is 0.497 e. The number of amides is 1. The molecule has 0 aliphatic carbocycles. The highest BCUT2D eigenvalue weighted by Gasteiger charge is 2.45. The fourth-order valence-electron chi connectivity index (χ4n) is 4.40. The van der Waals surface area contributed by atoms with Crippen molar-refractivity contribution in [2.45, 2.75) is 56.8 Å². The second kappa shape index (κ2) is 10.7. The van der Waals surface area contributed by atoms with Gasteiger partial charge < -0.3 is 19.5 Å². The van der Waals surface area contributed by atoms with E-state index in [0.29, 0.717) is 18.0 Å². The van der Waals surface area contributed by atoms with E-state index in [9.17, 15) is 18.3 Å². The van der Waals surface area contributed by atoms with Crippen LogP contribution in [-0.4, -0.2) is 49.8 Å². The van der Waals surface area contributed by atoms with Gasteiger partial charge in [-0.1, -0.05) is 19.1 Å². The predicted octanol–water partition coefficient (Wildman–Crippen LogP) is 3.87. The highest BCUT2D eigenvalue weighted by molar-refractivity contribution is 7.89. The summed E-state index contributed by atoms with van der Waals surface area (Å²) in [7, 11) is -2.45. The molecule has 10 heteroatoms. The van der Waals surface area contributed by atoms with Crippen molar-refractivity contribution >= 4 is 21.6 Å². The van der Waals surface area contributed by atoms with Crippen LogP contribution < -0.4 is 19.1 Å². The molecule has 0 saturated carbocycles. The molecule has 202 valence electrons. The lowest BCUT2D eigenvalue weighted by Gasteiger charge is -2.41.